The first-order chi connectivity index (χ1) is 12.3. The highest BCUT2D eigenvalue weighted by molar-refractivity contribution is 7.99. The Morgan fingerprint density at radius 1 is 1.12 bits per heavy atom. The Balaban J connectivity index is 1.75. The number of benzene rings is 2. The summed E-state index contributed by atoms with van der Waals surface area (Å²) < 4.78 is 0. The van der Waals surface area contributed by atoms with Crippen molar-refractivity contribution in [1.82, 2.24) is 10.9 Å². The molecule has 0 unspecified atom stereocenters. The van der Waals surface area contributed by atoms with Crippen LogP contribution in [-0.2, 0) is 10.5 Å². The predicted molar refractivity (Wildman–Crippen MR) is 105 cm³/mol. The molecule has 0 heterocycles. The Kier molecular flexibility index (Phi) is 6.80. The first-order valence-electron chi connectivity index (χ1n) is 7.98. The molecule has 0 atom stereocenters. The van der Waals surface area contributed by atoms with Crippen molar-refractivity contribution in [2.24, 2.45) is 0 Å². The Morgan fingerprint density at radius 3 is 2.31 bits per heavy atom. The lowest BCUT2D eigenvalue weighted by molar-refractivity contribution is -0.384. The molecule has 26 heavy (non-hydrogen) atoms. The molecule has 7 heteroatoms. The largest absolute Gasteiger partial charge is 0.299 e. The van der Waals surface area contributed by atoms with Crippen LogP contribution in [-0.4, -0.2) is 16.6 Å². The van der Waals surface area contributed by atoms with E-state index in [2.05, 4.69) is 49.5 Å². The monoisotopic (exact) mass is 371 g/mol. The molecule has 0 aliphatic rings. The number of nitrogens with zero attached hydrogens (tertiary/aromatic N) is 1. The van der Waals surface area contributed by atoms with E-state index in [0.29, 0.717) is 17.0 Å². The van der Waals surface area contributed by atoms with Crippen LogP contribution in [0.1, 0.15) is 22.3 Å². The lowest BCUT2D eigenvalue weighted by Gasteiger charge is -2.11. The van der Waals surface area contributed by atoms with Gasteiger partial charge < -0.3 is 0 Å². The summed E-state index contributed by atoms with van der Waals surface area (Å²) in [6, 6.07) is 12.3. The minimum Gasteiger partial charge on any atom is -0.299 e. The Labute approximate surface area is 156 Å². The van der Waals surface area contributed by atoms with Gasteiger partial charge in [0.1, 0.15) is 0 Å². The number of rotatable bonds is 8. The van der Waals surface area contributed by atoms with E-state index in [1.807, 2.05) is 0 Å². The molecule has 0 aliphatic heterocycles. The van der Waals surface area contributed by atoms with Crippen LogP contribution in [0.5, 0.6) is 0 Å². The molecule has 2 aromatic carbocycles. The van der Waals surface area contributed by atoms with Gasteiger partial charge in [-0.3, -0.25) is 25.8 Å². The summed E-state index contributed by atoms with van der Waals surface area (Å²) in [7, 11) is 0. The molecule has 1 amide bonds. The maximum absolute atomic E-state index is 11.9. The minimum atomic E-state index is -0.464. The number of thioether (sulfide) groups is 1. The fourth-order valence-corrected chi connectivity index (χ4v) is 3.21. The molecule has 6 nitrogen and oxygen atoms in total. The SMILES string of the molecule is C=C(NNC(=O)CSCc1cc(C)cc(C)c1)c1ccc([N+](=O)[O-])cc1. The minimum absolute atomic E-state index is 0.00775. The molecule has 0 saturated carbocycles. The van der Waals surface area contributed by atoms with E-state index in [0.717, 1.165) is 5.75 Å². The molecule has 0 aliphatic carbocycles. The number of hydrazine groups is 1. The van der Waals surface area contributed by atoms with Crippen LogP contribution in [0.25, 0.3) is 5.70 Å². The predicted octanol–water partition coefficient (Wildman–Crippen LogP) is 3.74. The van der Waals surface area contributed by atoms with Gasteiger partial charge in [-0.05, 0) is 37.1 Å². The zero-order valence-electron chi connectivity index (χ0n) is 14.7. The van der Waals surface area contributed by atoms with Gasteiger partial charge in [0.25, 0.3) is 5.69 Å². The van der Waals surface area contributed by atoms with Gasteiger partial charge in [0.05, 0.1) is 16.4 Å². The molecule has 2 rings (SSSR count). The van der Waals surface area contributed by atoms with Crippen molar-refractivity contribution in [1.29, 1.82) is 0 Å². The molecule has 136 valence electrons. The molecule has 0 spiro atoms. The summed E-state index contributed by atoms with van der Waals surface area (Å²) >= 11 is 1.53. The van der Waals surface area contributed by atoms with Crippen molar-refractivity contribution >= 4 is 29.1 Å². The first-order valence-corrected chi connectivity index (χ1v) is 9.14. The molecule has 0 radical (unpaired) electrons. The summed E-state index contributed by atoms with van der Waals surface area (Å²) in [5, 5.41) is 10.6. The van der Waals surface area contributed by atoms with Crippen molar-refractivity contribution in [2.75, 3.05) is 5.75 Å². The second kappa shape index (κ2) is 9.05. The molecular weight excluding hydrogens is 350 g/mol. The molecule has 2 N–H and O–H groups in total. The van der Waals surface area contributed by atoms with Crippen molar-refractivity contribution < 1.29 is 9.72 Å². The maximum atomic E-state index is 11.9. The van der Waals surface area contributed by atoms with Crippen LogP contribution in [0.2, 0.25) is 0 Å². The number of carbonyl (C=O) groups excluding carboxylic acids is 1. The highest BCUT2D eigenvalue weighted by Gasteiger charge is 2.07. The maximum Gasteiger partial charge on any atom is 0.269 e. The highest BCUT2D eigenvalue weighted by atomic mass is 32.2. The van der Waals surface area contributed by atoms with E-state index in [-0.39, 0.29) is 11.6 Å². The number of nitro groups is 1. The van der Waals surface area contributed by atoms with Crippen LogP contribution >= 0.6 is 11.8 Å². The molecule has 0 aromatic heterocycles. The van der Waals surface area contributed by atoms with E-state index < -0.39 is 4.92 Å². The standard InChI is InChI=1S/C19H21N3O3S/c1-13-8-14(2)10-16(9-13)11-26-12-19(23)21-20-15(3)17-4-6-18(7-5-17)22(24)25/h4-10,20H,3,11-12H2,1-2H3,(H,21,23). The number of amides is 1. The van der Waals surface area contributed by atoms with E-state index in [1.165, 1.54) is 40.6 Å². The Bertz CT molecular complexity index is 799. The van der Waals surface area contributed by atoms with Gasteiger partial charge in [0, 0.05) is 17.9 Å². The second-order valence-electron chi connectivity index (χ2n) is 5.94. The highest BCUT2D eigenvalue weighted by Crippen LogP contribution is 2.17. The van der Waals surface area contributed by atoms with Crippen LogP contribution in [0.4, 0.5) is 5.69 Å². The number of non-ortho nitro benzene ring substituents is 1. The third-order valence-electron chi connectivity index (χ3n) is 3.56. The van der Waals surface area contributed by atoms with Crippen molar-refractivity contribution in [3.63, 3.8) is 0 Å². The second-order valence-corrected chi connectivity index (χ2v) is 6.93. The first kappa shape index (κ1) is 19.5. The summed E-state index contributed by atoms with van der Waals surface area (Å²) in [5.41, 5.74) is 10.1. The average molecular weight is 371 g/mol. The fourth-order valence-electron chi connectivity index (χ4n) is 2.45. The fraction of sp³-hybridized carbons (Fsp3) is 0.211. The molecule has 0 saturated heterocycles. The smallest absolute Gasteiger partial charge is 0.269 e. The molecule has 2 aromatic rings. The summed E-state index contributed by atoms with van der Waals surface area (Å²) in [6.45, 7) is 7.93. The zero-order valence-corrected chi connectivity index (χ0v) is 15.6. The molecular formula is C19H21N3O3S. The number of aryl methyl sites for hydroxylation is 2. The number of hydrogen-bond donors (Lipinski definition) is 2. The van der Waals surface area contributed by atoms with Gasteiger partial charge in [0.2, 0.25) is 5.91 Å². The molecule has 0 fully saturated rings. The average Bonchev–Trinajstić information content (AvgIpc) is 2.59. The Morgan fingerprint density at radius 2 is 1.73 bits per heavy atom. The van der Waals surface area contributed by atoms with Gasteiger partial charge in [-0.25, -0.2) is 0 Å². The number of carbonyl (C=O) groups is 1. The van der Waals surface area contributed by atoms with Crippen LogP contribution in [0.3, 0.4) is 0 Å². The van der Waals surface area contributed by atoms with Crippen molar-refractivity contribution in [2.45, 2.75) is 19.6 Å². The summed E-state index contributed by atoms with van der Waals surface area (Å²) in [6.07, 6.45) is 0. The van der Waals surface area contributed by atoms with Crippen molar-refractivity contribution in [3.8, 4) is 0 Å². The number of nitrogens with one attached hydrogen (secondary N) is 2. The van der Waals surface area contributed by atoms with E-state index in [9.17, 15) is 14.9 Å². The lowest BCUT2D eigenvalue weighted by atomic mass is 10.1. The zero-order chi connectivity index (χ0) is 19.1. The molecule has 0 bridgehead atoms. The summed E-state index contributed by atoms with van der Waals surface area (Å²) in [5.74, 6) is 0.912. The van der Waals surface area contributed by atoms with Gasteiger partial charge in [-0.2, -0.15) is 0 Å². The van der Waals surface area contributed by atoms with E-state index >= 15 is 0 Å². The van der Waals surface area contributed by atoms with Gasteiger partial charge in [-0.1, -0.05) is 35.9 Å². The van der Waals surface area contributed by atoms with Gasteiger partial charge in [-0.15, -0.1) is 11.8 Å². The number of hydrogen-bond acceptors (Lipinski definition) is 5. The normalized spacial score (nSPS) is 10.2. The van der Waals surface area contributed by atoms with Gasteiger partial charge in [0.15, 0.2) is 0 Å². The van der Waals surface area contributed by atoms with Crippen LogP contribution < -0.4 is 10.9 Å². The topological polar surface area (TPSA) is 84.3 Å². The quantitative estimate of drug-likeness (QED) is 0.545. The number of nitro benzene ring substituents is 1. The van der Waals surface area contributed by atoms with E-state index in [1.54, 1.807) is 12.1 Å². The van der Waals surface area contributed by atoms with Gasteiger partial charge >= 0.3 is 0 Å². The lowest BCUT2D eigenvalue weighted by Crippen LogP contribution is -2.37. The third-order valence-corrected chi connectivity index (χ3v) is 4.57. The van der Waals surface area contributed by atoms with Crippen molar-refractivity contribution in [3.05, 3.63) is 81.4 Å². The van der Waals surface area contributed by atoms with E-state index in [4.69, 9.17) is 0 Å². The third kappa shape index (κ3) is 5.93. The summed E-state index contributed by atoms with van der Waals surface area (Å²) in [4.78, 5) is 22.1. The Hall–Kier alpha value is -2.80. The van der Waals surface area contributed by atoms with Crippen LogP contribution in [0.15, 0.2) is 49.0 Å². The van der Waals surface area contributed by atoms with Crippen LogP contribution in [0, 0.1) is 24.0 Å².